The van der Waals surface area contributed by atoms with Gasteiger partial charge in [0.2, 0.25) is 0 Å². The van der Waals surface area contributed by atoms with Crippen LogP contribution in [0.4, 0.5) is 0 Å². The zero-order valence-corrected chi connectivity index (χ0v) is 8.35. The molecule has 0 spiro atoms. The lowest BCUT2D eigenvalue weighted by Gasteiger charge is -2.23. The van der Waals surface area contributed by atoms with Crippen molar-refractivity contribution in [3.8, 4) is 0 Å². The van der Waals surface area contributed by atoms with Gasteiger partial charge in [0.1, 0.15) is 0 Å². The Hall–Kier alpha value is 0.270. The molecule has 0 aromatic rings. The Labute approximate surface area is 75.0 Å². The van der Waals surface area contributed by atoms with Crippen molar-refractivity contribution in [2.45, 2.75) is 18.7 Å². The van der Waals surface area contributed by atoms with Gasteiger partial charge in [-0.1, -0.05) is 0 Å². The molecule has 1 saturated heterocycles. The topological polar surface area (TPSA) is 6.48 Å². The zero-order valence-electron chi connectivity index (χ0n) is 7.45. The maximum absolute atomic E-state index is 4.43. The molecule has 2 nitrogen and oxygen atoms in total. The van der Waals surface area contributed by atoms with Crippen LogP contribution in [0.5, 0.6) is 0 Å². The molecule has 1 fully saturated rings. The van der Waals surface area contributed by atoms with Crippen molar-refractivity contribution in [1.82, 2.24) is 9.80 Å². The zero-order chi connectivity index (χ0) is 8.27. The first kappa shape index (κ1) is 9.36. The first-order valence-electron chi connectivity index (χ1n) is 4.31. The second kappa shape index (κ2) is 4.33. The van der Waals surface area contributed by atoms with Crippen molar-refractivity contribution in [2.24, 2.45) is 0 Å². The lowest BCUT2D eigenvalue weighted by molar-refractivity contribution is 0.272. The molecular formula is C8H18N2S. The molecule has 0 saturated carbocycles. The van der Waals surface area contributed by atoms with E-state index in [1.807, 2.05) is 0 Å². The van der Waals surface area contributed by atoms with Crippen LogP contribution < -0.4 is 0 Å². The first-order valence-corrected chi connectivity index (χ1v) is 4.82. The van der Waals surface area contributed by atoms with Gasteiger partial charge in [-0.2, -0.15) is 12.6 Å². The van der Waals surface area contributed by atoms with Gasteiger partial charge >= 0.3 is 0 Å². The van der Waals surface area contributed by atoms with Crippen LogP contribution in [0.25, 0.3) is 0 Å². The quantitative estimate of drug-likeness (QED) is 0.590. The van der Waals surface area contributed by atoms with Gasteiger partial charge in [0.15, 0.2) is 0 Å². The van der Waals surface area contributed by atoms with E-state index >= 15 is 0 Å². The molecule has 66 valence electrons. The smallest absolute Gasteiger partial charge is 0.0499 e. The maximum atomic E-state index is 4.43. The summed E-state index contributed by atoms with van der Waals surface area (Å²) in [7, 11) is 2.19. The minimum atomic E-state index is 0.418. The van der Waals surface area contributed by atoms with Gasteiger partial charge in [0, 0.05) is 25.0 Å². The van der Waals surface area contributed by atoms with Crippen LogP contribution in [-0.2, 0) is 0 Å². The van der Waals surface area contributed by atoms with Crippen molar-refractivity contribution >= 4 is 12.6 Å². The van der Waals surface area contributed by atoms with E-state index < -0.39 is 0 Å². The third-order valence-electron chi connectivity index (χ3n) is 2.28. The number of thiol groups is 1. The second-order valence-corrected chi connectivity index (χ2v) is 4.07. The average molecular weight is 174 g/mol. The fourth-order valence-electron chi connectivity index (χ4n) is 1.44. The molecule has 1 rings (SSSR count). The number of likely N-dealkylation sites (N-methyl/N-ethyl adjacent to an activating group) is 1. The van der Waals surface area contributed by atoms with Gasteiger partial charge in [-0.15, -0.1) is 0 Å². The number of nitrogens with zero attached hydrogens (tertiary/aromatic N) is 2. The van der Waals surface area contributed by atoms with Gasteiger partial charge in [-0.05, 0) is 26.9 Å². The fraction of sp³-hybridized carbons (Fsp3) is 1.00. The monoisotopic (exact) mass is 174 g/mol. The molecule has 3 heteroatoms. The summed E-state index contributed by atoms with van der Waals surface area (Å²) in [6.07, 6.45) is 1.28. The summed E-state index contributed by atoms with van der Waals surface area (Å²) < 4.78 is 0. The van der Waals surface area contributed by atoms with Crippen molar-refractivity contribution < 1.29 is 0 Å². The SMILES string of the molecule is C[C@H](S)N1CCCN(C)CC1. The van der Waals surface area contributed by atoms with Gasteiger partial charge in [-0.3, -0.25) is 4.90 Å². The third-order valence-corrected chi connectivity index (χ3v) is 2.61. The molecule has 0 bridgehead atoms. The van der Waals surface area contributed by atoms with Gasteiger partial charge in [0.05, 0.1) is 0 Å². The van der Waals surface area contributed by atoms with E-state index in [1.54, 1.807) is 0 Å². The molecule has 0 aromatic carbocycles. The number of rotatable bonds is 1. The Morgan fingerprint density at radius 3 is 2.55 bits per heavy atom. The summed E-state index contributed by atoms with van der Waals surface area (Å²) in [5.74, 6) is 0. The van der Waals surface area contributed by atoms with Crippen LogP contribution in [0, 0.1) is 0 Å². The molecule has 0 unspecified atom stereocenters. The summed E-state index contributed by atoms with van der Waals surface area (Å²) in [4.78, 5) is 4.81. The van der Waals surface area contributed by atoms with Crippen LogP contribution >= 0.6 is 12.6 Å². The standard InChI is InChI=1S/C8H18N2S/c1-8(11)10-5-3-4-9(2)6-7-10/h8,11H,3-7H2,1-2H3/t8-/m0/s1. The predicted octanol–water partition coefficient (Wildman–Crippen LogP) is 0.900. The fourth-order valence-corrected chi connectivity index (χ4v) is 1.67. The molecule has 0 amide bonds. The van der Waals surface area contributed by atoms with Crippen molar-refractivity contribution in [3.05, 3.63) is 0 Å². The van der Waals surface area contributed by atoms with E-state index in [2.05, 4.69) is 36.4 Å². The minimum Gasteiger partial charge on any atom is -0.305 e. The molecule has 0 radical (unpaired) electrons. The second-order valence-electron chi connectivity index (χ2n) is 3.32. The molecule has 1 heterocycles. The Balaban J connectivity index is 2.34. The molecular weight excluding hydrogens is 156 g/mol. The Kier molecular flexibility index (Phi) is 3.69. The highest BCUT2D eigenvalue weighted by atomic mass is 32.1. The van der Waals surface area contributed by atoms with Crippen LogP contribution in [0.15, 0.2) is 0 Å². The largest absolute Gasteiger partial charge is 0.305 e. The molecule has 0 aromatic heterocycles. The van der Waals surface area contributed by atoms with Crippen molar-refractivity contribution in [2.75, 3.05) is 33.2 Å². The normalized spacial score (nSPS) is 26.5. The average Bonchev–Trinajstić information content (AvgIpc) is 2.13. The summed E-state index contributed by atoms with van der Waals surface area (Å²) in [5, 5.41) is 0.418. The molecule has 11 heavy (non-hydrogen) atoms. The maximum Gasteiger partial charge on any atom is 0.0499 e. The summed E-state index contributed by atoms with van der Waals surface area (Å²) in [6.45, 7) is 6.94. The Bertz CT molecular complexity index is 117. The molecule has 0 N–H and O–H groups in total. The van der Waals surface area contributed by atoms with E-state index in [0.717, 1.165) is 0 Å². The van der Waals surface area contributed by atoms with E-state index in [4.69, 9.17) is 0 Å². The number of hydrogen-bond acceptors (Lipinski definition) is 3. The van der Waals surface area contributed by atoms with Crippen LogP contribution in [0.3, 0.4) is 0 Å². The highest BCUT2D eigenvalue weighted by Gasteiger charge is 2.13. The minimum absolute atomic E-state index is 0.418. The Morgan fingerprint density at radius 1 is 1.18 bits per heavy atom. The van der Waals surface area contributed by atoms with Gasteiger partial charge < -0.3 is 4.90 Å². The van der Waals surface area contributed by atoms with Crippen molar-refractivity contribution in [1.29, 1.82) is 0 Å². The van der Waals surface area contributed by atoms with Gasteiger partial charge in [-0.25, -0.2) is 0 Å². The van der Waals surface area contributed by atoms with Crippen molar-refractivity contribution in [3.63, 3.8) is 0 Å². The van der Waals surface area contributed by atoms with E-state index in [-0.39, 0.29) is 0 Å². The van der Waals surface area contributed by atoms with Gasteiger partial charge in [0.25, 0.3) is 0 Å². The molecule has 1 atom stereocenters. The Morgan fingerprint density at radius 2 is 1.91 bits per heavy atom. The van der Waals surface area contributed by atoms with E-state index in [9.17, 15) is 0 Å². The highest BCUT2D eigenvalue weighted by molar-refractivity contribution is 7.80. The van der Waals surface area contributed by atoms with E-state index in [0.29, 0.717) is 5.37 Å². The molecule has 0 aliphatic carbocycles. The first-order chi connectivity index (χ1) is 5.20. The lowest BCUT2D eigenvalue weighted by atomic mass is 10.4. The molecule has 1 aliphatic rings. The predicted molar refractivity (Wildman–Crippen MR) is 52.1 cm³/mol. The summed E-state index contributed by atoms with van der Waals surface area (Å²) in [6, 6.07) is 0. The van der Waals surface area contributed by atoms with E-state index in [1.165, 1.54) is 32.6 Å². The third kappa shape index (κ3) is 3.01. The van der Waals surface area contributed by atoms with Crippen LogP contribution in [-0.4, -0.2) is 48.4 Å². The van der Waals surface area contributed by atoms with Crippen LogP contribution in [0.1, 0.15) is 13.3 Å². The summed E-state index contributed by atoms with van der Waals surface area (Å²) in [5.41, 5.74) is 0. The summed E-state index contributed by atoms with van der Waals surface area (Å²) >= 11 is 4.43. The lowest BCUT2D eigenvalue weighted by Crippen LogP contribution is -2.33. The highest BCUT2D eigenvalue weighted by Crippen LogP contribution is 2.07. The number of hydrogen-bond donors (Lipinski definition) is 1. The van der Waals surface area contributed by atoms with Crippen LogP contribution in [0.2, 0.25) is 0 Å². The molecule has 1 aliphatic heterocycles.